The first-order valence-corrected chi connectivity index (χ1v) is 7.52. The Kier molecular flexibility index (Phi) is 5.07. The highest BCUT2D eigenvalue weighted by atomic mass is 16.6. The molecule has 3 N–H and O–H groups in total. The van der Waals surface area contributed by atoms with Crippen LogP contribution in [0.5, 0.6) is 0 Å². The molecule has 1 atom stereocenters. The topological polar surface area (TPSA) is 130 Å². The van der Waals surface area contributed by atoms with Gasteiger partial charge in [-0.2, -0.15) is 0 Å². The number of alkyl carbamates (subject to hydrolysis) is 1. The van der Waals surface area contributed by atoms with E-state index in [9.17, 15) is 24.3 Å². The molecule has 0 radical (unpaired) electrons. The summed E-state index contributed by atoms with van der Waals surface area (Å²) in [6.07, 6.45) is -0.929. The fraction of sp³-hybridized carbons (Fsp3) is 0.375. The summed E-state index contributed by atoms with van der Waals surface area (Å²) in [7, 11) is 0. The van der Waals surface area contributed by atoms with Gasteiger partial charge in [0, 0.05) is 0 Å². The van der Waals surface area contributed by atoms with Gasteiger partial charge in [0.2, 0.25) is 0 Å². The lowest BCUT2D eigenvalue weighted by Crippen LogP contribution is -2.51. The number of nitrogens with one attached hydrogen (secondary N) is 2. The number of fused-ring (bicyclic) bond motifs is 1. The summed E-state index contributed by atoms with van der Waals surface area (Å²) in [6, 6.07) is 4.75. The van der Waals surface area contributed by atoms with E-state index in [0.717, 1.165) is 0 Å². The van der Waals surface area contributed by atoms with E-state index in [2.05, 4.69) is 10.3 Å². The third-order valence-corrected chi connectivity index (χ3v) is 3.18. The van der Waals surface area contributed by atoms with E-state index in [1.807, 2.05) is 0 Å². The summed E-state index contributed by atoms with van der Waals surface area (Å²) in [5, 5.41) is 11.6. The first-order valence-electron chi connectivity index (χ1n) is 7.52. The molecule has 25 heavy (non-hydrogen) atoms. The molecule has 2 rings (SSSR count). The van der Waals surface area contributed by atoms with Gasteiger partial charge in [-0.25, -0.2) is 9.36 Å². The van der Waals surface area contributed by atoms with Crippen molar-refractivity contribution in [2.24, 2.45) is 0 Å². The van der Waals surface area contributed by atoms with E-state index in [4.69, 9.17) is 4.74 Å². The Morgan fingerprint density at radius 1 is 1.28 bits per heavy atom. The molecule has 0 aliphatic carbocycles. The minimum atomic E-state index is -1.45. The molecule has 1 aromatic carbocycles. The average Bonchev–Trinajstić information content (AvgIpc) is 2.51. The Morgan fingerprint density at radius 3 is 2.52 bits per heavy atom. The van der Waals surface area contributed by atoms with Crippen molar-refractivity contribution in [3.05, 3.63) is 45.0 Å². The smallest absolute Gasteiger partial charge is 0.408 e. The van der Waals surface area contributed by atoms with Crippen molar-refractivity contribution in [3.8, 4) is 0 Å². The number of rotatable bonds is 3. The summed E-state index contributed by atoms with van der Waals surface area (Å²) < 4.78 is 5.66. The summed E-state index contributed by atoms with van der Waals surface area (Å²) in [6.45, 7) is 4.14. The number of hydrogen-bond donors (Lipinski definition) is 3. The van der Waals surface area contributed by atoms with Crippen molar-refractivity contribution in [1.82, 2.24) is 14.9 Å². The van der Waals surface area contributed by atoms with Crippen molar-refractivity contribution >= 4 is 23.0 Å². The van der Waals surface area contributed by atoms with E-state index in [1.54, 1.807) is 32.9 Å². The number of ether oxygens (including phenoxy) is 1. The minimum Gasteiger partial charge on any atom is -0.444 e. The van der Waals surface area contributed by atoms with Gasteiger partial charge in [0.25, 0.3) is 5.91 Å². The highest BCUT2D eigenvalue weighted by Gasteiger charge is 2.27. The standard InChI is InChI=1S/C16H19N3O6/c1-16(2,3)25-15(24)18-10(8-20)13(22)19-11-7-5-4-6-9(11)17-12(21)14(19)23/h4-7,10,20H,8H2,1-3H3,(H,17,21)(H,18,24)/t10-/m0/s1. The van der Waals surface area contributed by atoms with E-state index in [-0.39, 0.29) is 11.0 Å². The zero-order valence-electron chi connectivity index (χ0n) is 14.0. The van der Waals surface area contributed by atoms with Crippen molar-refractivity contribution in [1.29, 1.82) is 0 Å². The Morgan fingerprint density at radius 2 is 1.92 bits per heavy atom. The van der Waals surface area contributed by atoms with Crippen LogP contribution in [0, 0.1) is 0 Å². The molecule has 1 heterocycles. The zero-order valence-corrected chi connectivity index (χ0v) is 14.0. The van der Waals surface area contributed by atoms with Crippen LogP contribution in [-0.4, -0.2) is 44.9 Å². The molecular weight excluding hydrogens is 330 g/mol. The maximum Gasteiger partial charge on any atom is 0.408 e. The Labute approximate surface area is 142 Å². The van der Waals surface area contributed by atoms with Crippen LogP contribution < -0.4 is 16.4 Å². The number of carbonyl (C=O) groups is 2. The molecule has 9 heteroatoms. The Hall–Kier alpha value is -2.94. The molecule has 9 nitrogen and oxygen atoms in total. The molecule has 0 aliphatic rings. The number of hydrogen-bond acceptors (Lipinski definition) is 6. The second-order valence-corrected chi connectivity index (χ2v) is 6.33. The first-order chi connectivity index (χ1) is 11.6. The van der Waals surface area contributed by atoms with E-state index in [1.165, 1.54) is 12.1 Å². The average molecular weight is 349 g/mol. The van der Waals surface area contributed by atoms with Gasteiger partial charge in [0.05, 0.1) is 17.6 Å². The van der Waals surface area contributed by atoms with Gasteiger partial charge in [-0.3, -0.25) is 14.4 Å². The highest BCUT2D eigenvalue weighted by Crippen LogP contribution is 2.09. The Balaban J connectivity index is 2.43. The molecule has 0 unspecified atom stereocenters. The molecule has 1 aromatic heterocycles. The number of amides is 1. The molecule has 2 aromatic rings. The molecule has 0 saturated carbocycles. The van der Waals surface area contributed by atoms with Crippen LogP contribution in [0.4, 0.5) is 4.79 Å². The van der Waals surface area contributed by atoms with E-state index < -0.39 is 41.4 Å². The SMILES string of the molecule is CC(C)(C)OC(=O)N[C@@H](CO)C(=O)n1c(=O)c(=O)[nH]c2ccccc21. The third kappa shape index (κ3) is 4.13. The molecule has 1 amide bonds. The van der Waals surface area contributed by atoms with Crippen molar-refractivity contribution < 1.29 is 19.4 Å². The predicted octanol–water partition coefficient (Wildman–Crippen LogP) is 0.216. The Bertz CT molecular complexity index is 922. The van der Waals surface area contributed by atoms with Gasteiger partial charge >= 0.3 is 17.2 Å². The minimum absolute atomic E-state index is 0.154. The van der Waals surface area contributed by atoms with Crippen LogP contribution in [0.25, 0.3) is 11.0 Å². The molecule has 0 aliphatic heterocycles. The fourth-order valence-corrected chi connectivity index (χ4v) is 2.17. The monoisotopic (exact) mass is 349 g/mol. The van der Waals surface area contributed by atoms with Gasteiger partial charge in [0.1, 0.15) is 11.6 Å². The maximum atomic E-state index is 12.6. The van der Waals surface area contributed by atoms with Crippen LogP contribution in [-0.2, 0) is 4.74 Å². The highest BCUT2D eigenvalue weighted by molar-refractivity contribution is 5.94. The van der Waals surface area contributed by atoms with Crippen molar-refractivity contribution in [2.45, 2.75) is 32.4 Å². The van der Waals surface area contributed by atoms with Gasteiger partial charge in [-0.15, -0.1) is 0 Å². The maximum absolute atomic E-state index is 12.6. The zero-order chi connectivity index (χ0) is 18.8. The number of aliphatic hydroxyl groups excluding tert-OH is 1. The van der Waals surface area contributed by atoms with Crippen LogP contribution in [0.3, 0.4) is 0 Å². The van der Waals surface area contributed by atoms with Crippen LogP contribution >= 0.6 is 0 Å². The number of carbonyl (C=O) groups excluding carboxylic acids is 2. The van der Waals surface area contributed by atoms with Gasteiger partial charge in [0.15, 0.2) is 0 Å². The first kappa shape index (κ1) is 18.4. The predicted molar refractivity (Wildman–Crippen MR) is 89.7 cm³/mol. The number of benzene rings is 1. The lowest BCUT2D eigenvalue weighted by atomic mass is 10.2. The number of para-hydroxylation sites is 2. The molecule has 134 valence electrons. The summed E-state index contributed by atoms with van der Waals surface area (Å²) in [5.74, 6) is -0.944. The molecular formula is C16H19N3O6. The number of nitrogens with zero attached hydrogens (tertiary/aromatic N) is 1. The molecule has 0 bridgehead atoms. The summed E-state index contributed by atoms with van der Waals surface area (Å²) in [4.78, 5) is 50.7. The second kappa shape index (κ2) is 6.89. The van der Waals surface area contributed by atoms with Crippen LogP contribution in [0.1, 0.15) is 25.6 Å². The normalized spacial score (nSPS) is 12.6. The molecule has 0 saturated heterocycles. The second-order valence-electron chi connectivity index (χ2n) is 6.33. The van der Waals surface area contributed by atoms with Crippen molar-refractivity contribution in [3.63, 3.8) is 0 Å². The molecule has 0 spiro atoms. The van der Waals surface area contributed by atoms with E-state index in [0.29, 0.717) is 4.57 Å². The fourth-order valence-electron chi connectivity index (χ4n) is 2.17. The van der Waals surface area contributed by atoms with Crippen LogP contribution in [0.2, 0.25) is 0 Å². The van der Waals surface area contributed by atoms with E-state index >= 15 is 0 Å². The lowest BCUT2D eigenvalue weighted by Gasteiger charge is -2.22. The molecule has 0 fully saturated rings. The lowest BCUT2D eigenvalue weighted by molar-refractivity contribution is 0.0455. The summed E-state index contributed by atoms with van der Waals surface area (Å²) >= 11 is 0. The van der Waals surface area contributed by atoms with Crippen molar-refractivity contribution in [2.75, 3.05) is 6.61 Å². The number of aliphatic hydroxyl groups is 1. The summed E-state index contributed by atoms with van der Waals surface area (Å²) in [5.41, 5.74) is -2.47. The quantitative estimate of drug-likeness (QED) is 0.679. The number of H-pyrrole nitrogens is 1. The van der Waals surface area contributed by atoms with Crippen LogP contribution in [0.15, 0.2) is 33.9 Å². The van der Waals surface area contributed by atoms with Gasteiger partial charge in [-0.05, 0) is 32.9 Å². The largest absolute Gasteiger partial charge is 0.444 e. The van der Waals surface area contributed by atoms with Gasteiger partial charge < -0.3 is 20.1 Å². The number of aromatic amines is 1. The van der Waals surface area contributed by atoms with Gasteiger partial charge in [-0.1, -0.05) is 12.1 Å². The number of aromatic nitrogens is 2. The third-order valence-electron chi connectivity index (χ3n) is 3.18.